The van der Waals surface area contributed by atoms with Crippen molar-refractivity contribution < 1.29 is 9.59 Å². The minimum atomic E-state index is 0.0697. The highest BCUT2D eigenvalue weighted by atomic mass is 16.1. The molecular weight excluding hydrogens is 214 g/mol. The maximum Gasteiger partial charge on any atom is 0.216 e. The molecule has 0 aliphatic rings. The molecule has 3 heteroatoms. The lowest BCUT2D eigenvalue weighted by Crippen LogP contribution is -2.20. The number of hydrogen-bond acceptors (Lipinski definition) is 2. The number of carbonyl (C=O) groups excluding carboxylic acids is 2. The number of hydrogen-bond donors (Lipinski definition) is 1. The van der Waals surface area contributed by atoms with E-state index in [1.807, 2.05) is 0 Å². The monoisotopic (exact) mass is 241 g/mol. The minimum absolute atomic E-state index is 0.0697. The highest BCUT2D eigenvalue weighted by Gasteiger charge is 1.93. The zero-order valence-corrected chi connectivity index (χ0v) is 11.2. The molecule has 0 saturated carbocycles. The first kappa shape index (κ1) is 16.1. The van der Waals surface area contributed by atoms with Gasteiger partial charge < -0.3 is 10.1 Å². The van der Waals surface area contributed by atoms with Crippen molar-refractivity contribution in [1.29, 1.82) is 0 Å². The van der Waals surface area contributed by atoms with Gasteiger partial charge >= 0.3 is 0 Å². The van der Waals surface area contributed by atoms with Crippen LogP contribution in [-0.4, -0.2) is 18.7 Å². The van der Waals surface area contributed by atoms with Crippen molar-refractivity contribution >= 4 is 12.2 Å². The number of rotatable bonds is 12. The van der Waals surface area contributed by atoms with Crippen molar-refractivity contribution in [2.45, 2.75) is 71.1 Å². The molecule has 0 fully saturated rings. The van der Waals surface area contributed by atoms with Crippen molar-refractivity contribution in [2.24, 2.45) is 0 Å². The molecule has 0 aliphatic heterocycles. The lowest BCUT2D eigenvalue weighted by atomic mass is 10.1. The van der Waals surface area contributed by atoms with E-state index in [0.29, 0.717) is 0 Å². The zero-order chi connectivity index (χ0) is 12.8. The second-order valence-electron chi connectivity index (χ2n) is 4.62. The maximum absolute atomic E-state index is 10.6. The Balaban J connectivity index is 2.94. The zero-order valence-electron chi connectivity index (χ0n) is 11.2. The number of aldehydes is 1. The van der Waals surface area contributed by atoms with Crippen molar-refractivity contribution in [2.75, 3.05) is 6.54 Å². The first-order valence-corrected chi connectivity index (χ1v) is 6.95. The van der Waals surface area contributed by atoms with Crippen LogP contribution in [0.15, 0.2) is 0 Å². The Bertz CT molecular complexity index is 193. The van der Waals surface area contributed by atoms with Crippen molar-refractivity contribution in [3.05, 3.63) is 0 Å². The molecule has 1 N–H and O–H groups in total. The lowest BCUT2D eigenvalue weighted by Gasteiger charge is -2.03. The standard InChI is InChI=1S/C14H27NO2/c1-14(17)15-12-10-8-6-4-2-3-5-7-9-11-13-16/h13H,2-12H2,1H3,(H,15,17). The summed E-state index contributed by atoms with van der Waals surface area (Å²) in [6, 6.07) is 0. The third kappa shape index (κ3) is 15.1. The number of nitrogens with one attached hydrogen (secondary N) is 1. The van der Waals surface area contributed by atoms with Crippen LogP contribution < -0.4 is 5.32 Å². The van der Waals surface area contributed by atoms with Crippen LogP contribution in [0, 0.1) is 0 Å². The molecule has 0 saturated heterocycles. The van der Waals surface area contributed by atoms with Gasteiger partial charge in [-0.25, -0.2) is 0 Å². The second kappa shape index (κ2) is 13.2. The molecule has 0 spiro atoms. The fourth-order valence-electron chi connectivity index (χ4n) is 1.85. The highest BCUT2D eigenvalue weighted by Crippen LogP contribution is 2.09. The maximum atomic E-state index is 10.6. The molecule has 1 amide bonds. The van der Waals surface area contributed by atoms with Crippen LogP contribution in [-0.2, 0) is 9.59 Å². The first-order valence-electron chi connectivity index (χ1n) is 6.95. The van der Waals surface area contributed by atoms with Crippen molar-refractivity contribution in [1.82, 2.24) is 5.32 Å². The third-order valence-corrected chi connectivity index (χ3v) is 2.87. The fourth-order valence-corrected chi connectivity index (χ4v) is 1.85. The second-order valence-corrected chi connectivity index (χ2v) is 4.62. The molecule has 0 unspecified atom stereocenters. The summed E-state index contributed by atoms with van der Waals surface area (Å²) in [5.74, 6) is 0.0697. The van der Waals surface area contributed by atoms with Gasteiger partial charge in [0, 0.05) is 19.9 Å². The van der Waals surface area contributed by atoms with E-state index in [4.69, 9.17) is 0 Å². The van der Waals surface area contributed by atoms with Gasteiger partial charge in [0.15, 0.2) is 0 Å². The number of carbonyl (C=O) groups is 2. The van der Waals surface area contributed by atoms with Gasteiger partial charge in [0.1, 0.15) is 6.29 Å². The van der Waals surface area contributed by atoms with E-state index in [0.717, 1.165) is 32.1 Å². The van der Waals surface area contributed by atoms with E-state index in [1.165, 1.54) is 44.9 Å². The molecule has 0 aliphatic carbocycles. The number of unbranched alkanes of at least 4 members (excludes halogenated alkanes) is 9. The molecule has 3 nitrogen and oxygen atoms in total. The SMILES string of the molecule is CC(=O)NCCCCCCCCCCCC=O. The normalized spacial score (nSPS) is 10.2. The first-order chi connectivity index (χ1) is 8.27. The predicted octanol–water partition coefficient (Wildman–Crippen LogP) is 3.22. The molecule has 0 aromatic carbocycles. The van der Waals surface area contributed by atoms with Crippen molar-refractivity contribution in [3.63, 3.8) is 0 Å². The van der Waals surface area contributed by atoms with Crippen LogP contribution in [0.25, 0.3) is 0 Å². The van der Waals surface area contributed by atoms with Crippen LogP contribution >= 0.6 is 0 Å². The number of amides is 1. The summed E-state index contributed by atoms with van der Waals surface area (Å²) in [4.78, 5) is 20.7. The highest BCUT2D eigenvalue weighted by molar-refractivity contribution is 5.72. The molecule has 17 heavy (non-hydrogen) atoms. The van der Waals surface area contributed by atoms with Gasteiger partial charge in [-0.05, 0) is 12.8 Å². The smallest absolute Gasteiger partial charge is 0.216 e. The summed E-state index contributed by atoms with van der Waals surface area (Å²) in [7, 11) is 0. The van der Waals surface area contributed by atoms with Gasteiger partial charge in [0.05, 0.1) is 0 Å². The Hall–Kier alpha value is -0.860. The van der Waals surface area contributed by atoms with E-state index in [1.54, 1.807) is 6.92 Å². The fraction of sp³-hybridized carbons (Fsp3) is 0.857. The van der Waals surface area contributed by atoms with Gasteiger partial charge in [-0.1, -0.05) is 44.9 Å². The largest absolute Gasteiger partial charge is 0.356 e. The Labute approximate surface area is 105 Å². The molecule has 0 heterocycles. The summed E-state index contributed by atoms with van der Waals surface area (Å²) in [5.41, 5.74) is 0. The molecule has 0 bridgehead atoms. The van der Waals surface area contributed by atoms with Crippen molar-refractivity contribution in [3.8, 4) is 0 Å². The van der Waals surface area contributed by atoms with E-state index in [2.05, 4.69) is 5.32 Å². The van der Waals surface area contributed by atoms with E-state index in [-0.39, 0.29) is 5.91 Å². The summed E-state index contributed by atoms with van der Waals surface area (Å²) >= 11 is 0. The van der Waals surface area contributed by atoms with E-state index in [9.17, 15) is 9.59 Å². The van der Waals surface area contributed by atoms with Gasteiger partial charge in [-0.2, -0.15) is 0 Å². The Kier molecular flexibility index (Phi) is 12.5. The van der Waals surface area contributed by atoms with Crippen LogP contribution in [0.1, 0.15) is 71.1 Å². The quantitative estimate of drug-likeness (QED) is 0.421. The van der Waals surface area contributed by atoms with Gasteiger partial charge in [-0.3, -0.25) is 4.79 Å². The molecule has 0 rings (SSSR count). The van der Waals surface area contributed by atoms with Crippen LogP contribution in [0.2, 0.25) is 0 Å². The molecule has 0 atom stereocenters. The average molecular weight is 241 g/mol. The van der Waals surface area contributed by atoms with Crippen LogP contribution in [0.4, 0.5) is 0 Å². The summed E-state index contributed by atoms with van der Waals surface area (Å²) in [6.07, 6.45) is 12.7. The summed E-state index contributed by atoms with van der Waals surface area (Å²) in [5, 5.41) is 2.81. The van der Waals surface area contributed by atoms with Crippen LogP contribution in [0.3, 0.4) is 0 Å². The Morgan fingerprint density at radius 3 is 1.82 bits per heavy atom. The van der Waals surface area contributed by atoms with Gasteiger partial charge in [0.2, 0.25) is 5.91 Å². The Morgan fingerprint density at radius 1 is 0.882 bits per heavy atom. The Morgan fingerprint density at radius 2 is 1.35 bits per heavy atom. The topological polar surface area (TPSA) is 46.2 Å². The molecular formula is C14H27NO2. The summed E-state index contributed by atoms with van der Waals surface area (Å²) in [6.45, 7) is 2.38. The van der Waals surface area contributed by atoms with Gasteiger partial charge in [0.25, 0.3) is 0 Å². The van der Waals surface area contributed by atoms with E-state index >= 15 is 0 Å². The molecule has 0 aromatic heterocycles. The third-order valence-electron chi connectivity index (χ3n) is 2.87. The molecule has 100 valence electrons. The molecule has 0 radical (unpaired) electrons. The van der Waals surface area contributed by atoms with E-state index < -0.39 is 0 Å². The predicted molar refractivity (Wildman–Crippen MR) is 70.9 cm³/mol. The summed E-state index contributed by atoms with van der Waals surface area (Å²) < 4.78 is 0. The van der Waals surface area contributed by atoms with Gasteiger partial charge in [-0.15, -0.1) is 0 Å². The van der Waals surface area contributed by atoms with Crippen LogP contribution in [0.5, 0.6) is 0 Å². The minimum Gasteiger partial charge on any atom is -0.356 e. The lowest BCUT2D eigenvalue weighted by molar-refractivity contribution is -0.119. The average Bonchev–Trinajstić information content (AvgIpc) is 2.30. The molecule has 0 aromatic rings.